The van der Waals surface area contributed by atoms with Crippen LogP contribution >= 0.6 is 0 Å². The van der Waals surface area contributed by atoms with E-state index in [1.165, 1.54) is 0 Å². The van der Waals surface area contributed by atoms with Crippen molar-refractivity contribution in [3.8, 4) is 0 Å². The number of benzene rings is 3. The number of hydrogen-bond acceptors (Lipinski definition) is 5. The Balaban J connectivity index is 1.58. The molecule has 0 saturated carbocycles. The van der Waals surface area contributed by atoms with Crippen molar-refractivity contribution in [2.75, 3.05) is 6.61 Å². The summed E-state index contributed by atoms with van der Waals surface area (Å²) in [5.74, 6) is 0. The van der Waals surface area contributed by atoms with Crippen molar-refractivity contribution in [2.24, 2.45) is 0 Å². The van der Waals surface area contributed by atoms with Gasteiger partial charge in [0.05, 0.1) is 26.4 Å². The highest BCUT2D eigenvalue weighted by atomic mass is 16.6. The standard InChI is InChI=1S/C30H34O5/c1-22(2)28-27(31)30(34-20-25-16-10-5-11-17-25)29(33-19-24-14-8-4-9-15-24)26(21-35-28)32-18-23-12-6-3-7-13-23/h3-17,26-31H,1,18-21H2,2H3. The van der Waals surface area contributed by atoms with Crippen molar-refractivity contribution in [3.05, 3.63) is 120 Å². The van der Waals surface area contributed by atoms with Crippen molar-refractivity contribution in [1.29, 1.82) is 0 Å². The predicted octanol–water partition coefficient (Wildman–Crippen LogP) is 5.08. The smallest absolute Gasteiger partial charge is 0.115 e. The van der Waals surface area contributed by atoms with Crippen LogP contribution in [0.4, 0.5) is 0 Å². The van der Waals surface area contributed by atoms with E-state index in [4.69, 9.17) is 18.9 Å². The molecule has 1 aliphatic rings. The lowest BCUT2D eigenvalue weighted by molar-refractivity contribution is -0.170. The Morgan fingerprint density at radius 3 is 1.63 bits per heavy atom. The van der Waals surface area contributed by atoms with Crippen LogP contribution < -0.4 is 0 Å². The van der Waals surface area contributed by atoms with Gasteiger partial charge in [-0.1, -0.05) is 97.6 Å². The Morgan fingerprint density at radius 2 is 1.17 bits per heavy atom. The average Bonchev–Trinajstić information content (AvgIpc) is 3.02. The molecule has 0 amide bonds. The molecule has 5 heteroatoms. The number of hydrogen-bond donors (Lipinski definition) is 1. The fourth-order valence-electron chi connectivity index (χ4n) is 4.25. The molecule has 0 radical (unpaired) electrons. The van der Waals surface area contributed by atoms with E-state index in [0.29, 0.717) is 19.8 Å². The first kappa shape index (κ1) is 25.3. The first-order chi connectivity index (χ1) is 17.1. The van der Waals surface area contributed by atoms with Gasteiger partial charge in [0.1, 0.15) is 30.5 Å². The van der Waals surface area contributed by atoms with Gasteiger partial charge in [0.25, 0.3) is 0 Å². The molecule has 3 aromatic rings. The van der Waals surface area contributed by atoms with Gasteiger partial charge in [-0.3, -0.25) is 0 Å². The third kappa shape index (κ3) is 7.10. The highest BCUT2D eigenvalue weighted by molar-refractivity contribution is 5.16. The molecule has 3 aromatic carbocycles. The Hall–Kier alpha value is -2.80. The molecular weight excluding hydrogens is 440 g/mol. The Kier molecular flexibility index (Phi) is 9.23. The first-order valence-corrected chi connectivity index (χ1v) is 12.0. The van der Waals surface area contributed by atoms with Crippen molar-refractivity contribution >= 4 is 0 Å². The van der Waals surface area contributed by atoms with Gasteiger partial charge in [-0.2, -0.15) is 0 Å². The van der Waals surface area contributed by atoms with Gasteiger partial charge in [0.15, 0.2) is 0 Å². The molecule has 5 unspecified atom stereocenters. The van der Waals surface area contributed by atoms with Gasteiger partial charge in [0, 0.05) is 0 Å². The summed E-state index contributed by atoms with van der Waals surface area (Å²) in [6, 6.07) is 29.9. The van der Waals surface area contributed by atoms with Crippen LogP contribution in [0, 0.1) is 0 Å². The molecular formula is C30H34O5. The summed E-state index contributed by atoms with van der Waals surface area (Å²) in [5, 5.41) is 11.4. The summed E-state index contributed by atoms with van der Waals surface area (Å²) in [7, 11) is 0. The summed E-state index contributed by atoms with van der Waals surface area (Å²) < 4.78 is 25.2. The van der Waals surface area contributed by atoms with Crippen LogP contribution in [0.1, 0.15) is 23.6 Å². The summed E-state index contributed by atoms with van der Waals surface area (Å²) in [6.45, 7) is 7.25. The van der Waals surface area contributed by atoms with Gasteiger partial charge in [0.2, 0.25) is 0 Å². The van der Waals surface area contributed by atoms with E-state index in [0.717, 1.165) is 22.3 Å². The normalized spacial score (nSPS) is 24.6. The summed E-state index contributed by atoms with van der Waals surface area (Å²) in [4.78, 5) is 0. The first-order valence-electron chi connectivity index (χ1n) is 12.0. The number of ether oxygens (including phenoxy) is 4. The fourth-order valence-corrected chi connectivity index (χ4v) is 4.25. The number of aliphatic hydroxyl groups excluding tert-OH is 1. The van der Waals surface area contributed by atoms with Gasteiger partial charge in [-0.15, -0.1) is 0 Å². The maximum Gasteiger partial charge on any atom is 0.115 e. The lowest BCUT2D eigenvalue weighted by Crippen LogP contribution is -2.50. The second kappa shape index (κ2) is 12.8. The maximum absolute atomic E-state index is 11.4. The lowest BCUT2D eigenvalue weighted by Gasteiger charge is -2.34. The second-order valence-electron chi connectivity index (χ2n) is 8.95. The topological polar surface area (TPSA) is 57.2 Å². The molecule has 35 heavy (non-hydrogen) atoms. The van der Waals surface area contributed by atoms with Crippen LogP contribution in [0.2, 0.25) is 0 Å². The van der Waals surface area contributed by atoms with Gasteiger partial charge < -0.3 is 24.1 Å². The minimum Gasteiger partial charge on any atom is -0.387 e. The van der Waals surface area contributed by atoms with Crippen LogP contribution in [0.5, 0.6) is 0 Å². The minimum atomic E-state index is -0.956. The fraction of sp³-hybridized carbons (Fsp3) is 0.333. The van der Waals surface area contributed by atoms with Crippen LogP contribution in [-0.2, 0) is 38.8 Å². The lowest BCUT2D eigenvalue weighted by atomic mass is 9.97. The highest BCUT2D eigenvalue weighted by Gasteiger charge is 2.44. The van der Waals surface area contributed by atoms with Gasteiger partial charge >= 0.3 is 0 Å². The summed E-state index contributed by atoms with van der Waals surface area (Å²) in [6.07, 6.45) is -3.21. The molecule has 0 bridgehead atoms. The quantitative estimate of drug-likeness (QED) is 0.416. The zero-order valence-electron chi connectivity index (χ0n) is 20.2. The van der Waals surface area contributed by atoms with Gasteiger partial charge in [-0.25, -0.2) is 0 Å². The van der Waals surface area contributed by atoms with Crippen molar-refractivity contribution in [3.63, 3.8) is 0 Å². The van der Waals surface area contributed by atoms with E-state index >= 15 is 0 Å². The third-order valence-electron chi connectivity index (χ3n) is 6.14. The Bertz CT molecular complexity index is 1020. The van der Waals surface area contributed by atoms with Crippen LogP contribution in [0.15, 0.2) is 103 Å². The molecule has 0 aromatic heterocycles. The summed E-state index contributed by atoms with van der Waals surface area (Å²) >= 11 is 0. The van der Waals surface area contributed by atoms with Crippen molar-refractivity contribution in [1.82, 2.24) is 0 Å². The average molecular weight is 475 g/mol. The van der Waals surface area contributed by atoms with Gasteiger partial charge in [-0.05, 0) is 29.2 Å². The van der Waals surface area contributed by atoms with Crippen LogP contribution in [0.3, 0.4) is 0 Å². The minimum absolute atomic E-state index is 0.256. The summed E-state index contributed by atoms with van der Waals surface area (Å²) in [5.41, 5.74) is 3.83. The van der Waals surface area contributed by atoms with E-state index < -0.39 is 30.5 Å². The van der Waals surface area contributed by atoms with E-state index in [9.17, 15) is 5.11 Å². The number of aliphatic hydroxyl groups is 1. The van der Waals surface area contributed by atoms with E-state index in [1.807, 2.05) is 97.9 Å². The zero-order valence-corrected chi connectivity index (χ0v) is 20.2. The molecule has 0 aliphatic carbocycles. The molecule has 5 atom stereocenters. The molecule has 1 fully saturated rings. The second-order valence-corrected chi connectivity index (χ2v) is 8.95. The highest BCUT2D eigenvalue weighted by Crippen LogP contribution is 2.28. The Labute approximate surface area is 207 Å². The Morgan fingerprint density at radius 1 is 0.743 bits per heavy atom. The molecule has 5 nitrogen and oxygen atoms in total. The molecule has 1 N–H and O–H groups in total. The molecule has 1 saturated heterocycles. The maximum atomic E-state index is 11.4. The monoisotopic (exact) mass is 474 g/mol. The molecule has 184 valence electrons. The molecule has 0 spiro atoms. The van der Waals surface area contributed by atoms with Crippen molar-refractivity contribution < 1.29 is 24.1 Å². The molecule has 1 aliphatic heterocycles. The third-order valence-corrected chi connectivity index (χ3v) is 6.14. The van der Waals surface area contributed by atoms with Crippen molar-refractivity contribution in [2.45, 2.75) is 57.3 Å². The molecule has 1 heterocycles. The molecule has 4 rings (SSSR count). The van der Waals surface area contributed by atoms with Crippen LogP contribution in [-0.4, -0.2) is 42.2 Å². The van der Waals surface area contributed by atoms with E-state index in [1.54, 1.807) is 0 Å². The number of rotatable bonds is 10. The van der Waals surface area contributed by atoms with Crippen LogP contribution in [0.25, 0.3) is 0 Å². The van der Waals surface area contributed by atoms with E-state index in [2.05, 4.69) is 6.58 Å². The van der Waals surface area contributed by atoms with E-state index in [-0.39, 0.29) is 6.61 Å². The largest absolute Gasteiger partial charge is 0.387 e. The predicted molar refractivity (Wildman–Crippen MR) is 136 cm³/mol. The SMILES string of the molecule is C=C(C)C1OCC(OCc2ccccc2)C(OCc2ccccc2)C(OCc2ccccc2)C1O. The zero-order chi connectivity index (χ0) is 24.5.